The summed E-state index contributed by atoms with van der Waals surface area (Å²) in [5, 5.41) is 2.75. The number of aromatic nitrogens is 2. The van der Waals surface area contributed by atoms with Gasteiger partial charge < -0.3 is 10.7 Å². The molecule has 1 amide bonds. The zero-order valence-electron chi connectivity index (χ0n) is 11.7. The second-order valence-corrected chi connectivity index (χ2v) is 4.64. The number of nitrogens with two attached hydrogens (primary N) is 1. The molecule has 4 N–H and O–H groups in total. The van der Waals surface area contributed by atoms with Crippen LogP contribution in [0.2, 0.25) is 0 Å². The van der Waals surface area contributed by atoms with E-state index in [1.54, 1.807) is 6.07 Å². The SMILES string of the molecule is Cc1cc(C)nc(NC(=O)c2cnc(C)cc2NN)c1. The van der Waals surface area contributed by atoms with E-state index in [2.05, 4.69) is 20.7 Å². The predicted molar refractivity (Wildman–Crippen MR) is 78.4 cm³/mol. The number of aryl methyl sites for hydroxylation is 3. The Hall–Kier alpha value is -2.47. The molecule has 20 heavy (non-hydrogen) atoms. The number of nitrogens with zero attached hydrogens (tertiary/aromatic N) is 2. The van der Waals surface area contributed by atoms with Gasteiger partial charge in [0.15, 0.2) is 0 Å². The van der Waals surface area contributed by atoms with E-state index in [1.165, 1.54) is 6.20 Å². The summed E-state index contributed by atoms with van der Waals surface area (Å²) in [4.78, 5) is 20.6. The number of hydrogen-bond acceptors (Lipinski definition) is 5. The van der Waals surface area contributed by atoms with E-state index in [1.807, 2.05) is 32.9 Å². The van der Waals surface area contributed by atoms with Crippen molar-refractivity contribution < 1.29 is 4.79 Å². The third-order valence-corrected chi connectivity index (χ3v) is 2.78. The molecular weight excluding hydrogens is 254 g/mol. The molecule has 2 heterocycles. The fraction of sp³-hybridized carbons (Fsp3) is 0.214. The van der Waals surface area contributed by atoms with Gasteiger partial charge in [-0.25, -0.2) is 4.98 Å². The molecule has 0 saturated carbocycles. The van der Waals surface area contributed by atoms with Gasteiger partial charge >= 0.3 is 0 Å². The van der Waals surface area contributed by atoms with Gasteiger partial charge in [0, 0.05) is 17.6 Å². The Bertz CT molecular complexity index is 634. The zero-order valence-corrected chi connectivity index (χ0v) is 11.7. The topological polar surface area (TPSA) is 92.9 Å². The maximum absolute atomic E-state index is 12.2. The van der Waals surface area contributed by atoms with Gasteiger partial charge in [-0.1, -0.05) is 0 Å². The Balaban J connectivity index is 2.28. The standard InChI is InChI=1S/C14H17N5O/c1-8-4-10(3)17-13(5-8)18-14(20)11-7-16-9(2)6-12(11)19-15/h4-7H,15H2,1-3H3,(H,16,19)(H,17,18,20). The summed E-state index contributed by atoms with van der Waals surface area (Å²) in [5.41, 5.74) is 6.06. The molecule has 0 bridgehead atoms. The van der Waals surface area contributed by atoms with Crippen molar-refractivity contribution in [1.29, 1.82) is 0 Å². The molecular formula is C14H17N5O. The van der Waals surface area contributed by atoms with Gasteiger partial charge in [-0.3, -0.25) is 15.6 Å². The van der Waals surface area contributed by atoms with Gasteiger partial charge in [0.2, 0.25) is 0 Å². The van der Waals surface area contributed by atoms with Crippen molar-refractivity contribution >= 4 is 17.4 Å². The largest absolute Gasteiger partial charge is 0.323 e. The molecule has 0 aliphatic rings. The van der Waals surface area contributed by atoms with E-state index in [-0.39, 0.29) is 5.91 Å². The highest BCUT2D eigenvalue weighted by Gasteiger charge is 2.13. The molecule has 0 saturated heterocycles. The van der Waals surface area contributed by atoms with Crippen LogP contribution < -0.4 is 16.6 Å². The Morgan fingerprint density at radius 3 is 2.55 bits per heavy atom. The molecule has 0 atom stereocenters. The van der Waals surface area contributed by atoms with Gasteiger partial charge in [-0.05, 0) is 44.5 Å². The minimum Gasteiger partial charge on any atom is -0.323 e. The van der Waals surface area contributed by atoms with E-state index < -0.39 is 0 Å². The number of carbonyl (C=O) groups excluding carboxylic acids is 1. The number of hydrogen-bond donors (Lipinski definition) is 3. The number of anilines is 2. The minimum atomic E-state index is -0.303. The predicted octanol–water partition coefficient (Wildman–Crippen LogP) is 1.94. The maximum Gasteiger partial charge on any atom is 0.260 e. The second kappa shape index (κ2) is 5.66. The Kier molecular flexibility index (Phi) is 3.95. The molecule has 0 fully saturated rings. The Morgan fingerprint density at radius 2 is 1.90 bits per heavy atom. The molecule has 2 aromatic heterocycles. The van der Waals surface area contributed by atoms with Crippen molar-refractivity contribution in [2.75, 3.05) is 10.7 Å². The van der Waals surface area contributed by atoms with Crippen LogP contribution in [0.25, 0.3) is 0 Å². The monoisotopic (exact) mass is 271 g/mol. The van der Waals surface area contributed by atoms with Gasteiger partial charge in [-0.2, -0.15) is 0 Å². The molecule has 2 aromatic rings. The van der Waals surface area contributed by atoms with Crippen LogP contribution >= 0.6 is 0 Å². The van der Waals surface area contributed by atoms with Gasteiger partial charge in [0.25, 0.3) is 5.91 Å². The normalized spacial score (nSPS) is 10.2. The molecule has 0 unspecified atom stereocenters. The first-order valence-electron chi connectivity index (χ1n) is 6.19. The van der Waals surface area contributed by atoms with Crippen molar-refractivity contribution in [3.8, 4) is 0 Å². The lowest BCUT2D eigenvalue weighted by Crippen LogP contribution is -2.18. The Labute approximate surface area is 117 Å². The molecule has 2 rings (SSSR count). The van der Waals surface area contributed by atoms with Crippen LogP contribution in [0.5, 0.6) is 0 Å². The molecule has 0 radical (unpaired) electrons. The molecule has 104 valence electrons. The van der Waals surface area contributed by atoms with Crippen LogP contribution in [0.15, 0.2) is 24.4 Å². The molecule has 6 nitrogen and oxygen atoms in total. The van der Waals surface area contributed by atoms with Crippen LogP contribution in [0.3, 0.4) is 0 Å². The summed E-state index contributed by atoms with van der Waals surface area (Å²) in [6.45, 7) is 5.65. The van der Waals surface area contributed by atoms with Crippen LogP contribution in [-0.4, -0.2) is 15.9 Å². The number of amides is 1. The van der Waals surface area contributed by atoms with Crippen LogP contribution in [0.1, 0.15) is 27.3 Å². The lowest BCUT2D eigenvalue weighted by atomic mass is 10.2. The summed E-state index contributed by atoms with van der Waals surface area (Å²) < 4.78 is 0. The molecule has 0 aliphatic heterocycles. The minimum absolute atomic E-state index is 0.303. The number of carbonyl (C=O) groups is 1. The third kappa shape index (κ3) is 3.10. The van der Waals surface area contributed by atoms with Crippen molar-refractivity contribution in [3.05, 3.63) is 46.9 Å². The van der Waals surface area contributed by atoms with Crippen molar-refractivity contribution in [2.45, 2.75) is 20.8 Å². The van der Waals surface area contributed by atoms with Gasteiger partial charge in [-0.15, -0.1) is 0 Å². The van der Waals surface area contributed by atoms with Crippen molar-refractivity contribution in [2.24, 2.45) is 5.84 Å². The fourth-order valence-corrected chi connectivity index (χ4v) is 1.95. The average Bonchev–Trinajstić information content (AvgIpc) is 2.37. The number of rotatable bonds is 3. The van der Waals surface area contributed by atoms with Crippen LogP contribution in [0, 0.1) is 20.8 Å². The van der Waals surface area contributed by atoms with E-state index >= 15 is 0 Å². The lowest BCUT2D eigenvalue weighted by molar-refractivity contribution is 0.102. The third-order valence-electron chi connectivity index (χ3n) is 2.78. The van der Waals surface area contributed by atoms with E-state index in [0.29, 0.717) is 17.1 Å². The first-order valence-corrected chi connectivity index (χ1v) is 6.19. The number of pyridine rings is 2. The van der Waals surface area contributed by atoms with Crippen molar-refractivity contribution in [3.63, 3.8) is 0 Å². The molecule has 0 aliphatic carbocycles. The average molecular weight is 271 g/mol. The van der Waals surface area contributed by atoms with E-state index in [9.17, 15) is 4.79 Å². The second-order valence-electron chi connectivity index (χ2n) is 4.64. The molecule has 0 aromatic carbocycles. The van der Waals surface area contributed by atoms with Gasteiger partial charge in [0.1, 0.15) is 5.82 Å². The molecule has 0 spiro atoms. The van der Waals surface area contributed by atoms with Gasteiger partial charge in [0.05, 0.1) is 11.3 Å². The van der Waals surface area contributed by atoms with E-state index in [0.717, 1.165) is 17.0 Å². The zero-order chi connectivity index (χ0) is 14.7. The first-order chi connectivity index (χ1) is 9.49. The smallest absolute Gasteiger partial charge is 0.260 e. The number of nitrogen functional groups attached to an aromatic ring is 1. The quantitative estimate of drug-likeness (QED) is 0.586. The molecule has 6 heteroatoms. The van der Waals surface area contributed by atoms with E-state index in [4.69, 9.17) is 5.84 Å². The highest BCUT2D eigenvalue weighted by Crippen LogP contribution is 2.17. The van der Waals surface area contributed by atoms with Crippen LogP contribution in [0.4, 0.5) is 11.5 Å². The number of hydrazine groups is 1. The van der Waals surface area contributed by atoms with Crippen LogP contribution in [-0.2, 0) is 0 Å². The number of nitrogens with one attached hydrogen (secondary N) is 2. The summed E-state index contributed by atoms with van der Waals surface area (Å²) in [7, 11) is 0. The summed E-state index contributed by atoms with van der Waals surface area (Å²) in [6.07, 6.45) is 1.49. The summed E-state index contributed by atoms with van der Waals surface area (Å²) >= 11 is 0. The summed E-state index contributed by atoms with van der Waals surface area (Å²) in [5.74, 6) is 5.63. The highest BCUT2D eigenvalue weighted by atomic mass is 16.1. The highest BCUT2D eigenvalue weighted by molar-refractivity contribution is 6.07. The summed E-state index contributed by atoms with van der Waals surface area (Å²) in [6, 6.07) is 5.46. The maximum atomic E-state index is 12.2. The fourth-order valence-electron chi connectivity index (χ4n) is 1.95. The Morgan fingerprint density at radius 1 is 1.15 bits per heavy atom. The first kappa shape index (κ1) is 14.0. The lowest BCUT2D eigenvalue weighted by Gasteiger charge is -2.10. The van der Waals surface area contributed by atoms with Crippen molar-refractivity contribution in [1.82, 2.24) is 9.97 Å².